The molecule has 0 spiro atoms. The zero-order valence-corrected chi connectivity index (χ0v) is 17.1. The Morgan fingerprint density at radius 3 is 2.66 bits per heavy atom. The molecule has 10 heteroatoms. The molecule has 2 aromatic carbocycles. The van der Waals surface area contributed by atoms with E-state index in [1.807, 2.05) is 59.2 Å². The number of carboxylic acid groups (broad SMARTS) is 1. The maximum absolute atomic E-state index is 12.0. The summed E-state index contributed by atoms with van der Waals surface area (Å²) in [4.78, 5) is 26.9. The molecule has 3 N–H and O–H groups in total. The molecule has 0 aliphatic heterocycles. The fourth-order valence-corrected chi connectivity index (χ4v) is 3.09. The Hall–Kier alpha value is -4.47. The lowest BCUT2D eigenvalue weighted by Crippen LogP contribution is -2.44. The number of carbonyl (C=O) groups is 2. The lowest BCUT2D eigenvalue weighted by molar-refractivity contribution is -0.122. The molecule has 0 aliphatic rings. The van der Waals surface area contributed by atoms with Crippen molar-refractivity contribution in [2.45, 2.75) is 19.5 Å². The molecule has 4 rings (SSSR count). The normalized spacial score (nSPS) is 11.7. The molecule has 2 heterocycles. The van der Waals surface area contributed by atoms with Gasteiger partial charge in [0.1, 0.15) is 11.7 Å². The van der Waals surface area contributed by atoms with Gasteiger partial charge in [-0.2, -0.15) is 0 Å². The summed E-state index contributed by atoms with van der Waals surface area (Å²) in [7, 11) is 0. The van der Waals surface area contributed by atoms with Crippen molar-refractivity contribution in [3.63, 3.8) is 0 Å². The lowest BCUT2D eigenvalue weighted by Gasteiger charge is -2.13. The van der Waals surface area contributed by atoms with Gasteiger partial charge < -0.3 is 20.2 Å². The van der Waals surface area contributed by atoms with E-state index in [2.05, 4.69) is 25.8 Å². The van der Waals surface area contributed by atoms with Crippen molar-refractivity contribution in [2.75, 3.05) is 0 Å². The zero-order chi connectivity index (χ0) is 22.5. The smallest absolute Gasteiger partial charge is 0.405 e. The average molecular weight is 432 g/mol. The minimum Gasteiger partial charge on any atom is -0.465 e. The third-order valence-corrected chi connectivity index (χ3v) is 4.69. The Bertz CT molecular complexity index is 1230. The van der Waals surface area contributed by atoms with Crippen LogP contribution in [0.2, 0.25) is 0 Å². The first-order valence-corrected chi connectivity index (χ1v) is 9.79. The second-order valence-corrected chi connectivity index (χ2v) is 6.99. The molecule has 32 heavy (non-hydrogen) atoms. The van der Waals surface area contributed by atoms with E-state index in [-0.39, 0.29) is 6.54 Å². The highest BCUT2D eigenvalue weighted by molar-refractivity contribution is 5.84. The van der Waals surface area contributed by atoms with Crippen molar-refractivity contribution in [1.29, 1.82) is 0 Å². The van der Waals surface area contributed by atoms with Crippen LogP contribution < -0.4 is 10.6 Å². The minimum absolute atomic E-state index is 0.237. The van der Waals surface area contributed by atoms with Gasteiger partial charge in [0, 0.05) is 17.8 Å². The maximum Gasteiger partial charge on any atom is 0.405 e. The van der Waals surface area contributed by atoms with E-state index in [9.17, 15) is 9.59 Å². The van der Waals surface area contributed by atoms with Gasteiger partial charge in [0.25, 0.3) is 5.89 Å². The van der Waals surface area contributed by atoms with Crippen molar-refractivity contribution < 1.29 is 19.1 Å². The first-order valence-electron chi connectivity index (χ1n) is 9.79. The molecule has 1 atom stereocenters. The van der Waals surface area contributed by atoms with Crippen molar-refractivity contribution in [3.05, 3.63) is 72.7 Å². The van der Waals surface area contributed by atoms with Crippen LogP contribution in [-0.4, -0.2) is 42.9 Å². The Kier molecular flexibility index (Phi) is 5.93. The highest BCUT2D eigenvalue weighted by atomic mass is 16.4. The number of hydrogen-bond donors (Lipinski definition) is 3. The van der Waals surface area contributed by atoms with Crippen LogP contribution in [0.5, 0.6) is 0 Å². The molecule has 4 aromatic rings. The summed E-state index contributed by atoms with van der Waals surface area (Å²) in [5, 5.41) is 21.8. The van der Waals surface area contributed by atoms with E-state index >= 15 is 0 Å². The molecule has 2 aromatic heterocycles. The van der Waals surface area contributed by atoms with Crippen molar-refractivity contribution in [3.8, 4) is 28.7 Å². The number of nitrogens with one attached hydrogen (secondary N) is 2. The van der Waals surface area contributed by atoms with E-state index in [1.54, 1.807) is 12.5 Å². The van der Waals surface area contributed by atoms with Gasteiger partial charge in [0.15, 0.2) is 0 Å². The van der Waals surface area contributed by atoms with Gasteiger partial charge in [-0.1, -0.05) is 30.3 Å². The Morgan fingerprint density at radius 2 is 1.88 bits per heavy atom. The third kappa shape index (κ3) is 4.64. The summed E-state index contributed by atoms with van der Waals surface area (Å²) >= 11 is 0. The SMILES string of the molecule is C[C@H](NC(=O)O)C(=O)NCc1cccc(-n2cncc2-c2nnc(-c3ccccc3)o2)c1. The van der Waals surface area contributed by atoms with E-state index in [0.717, 1.165) is 16.8 Å². The van der Waals surface area contributed by atoms with Gasteiger partial charge in [-0.15, -0.1) is 10.2 Å². The van der Waals surface area contributed by atoms with Crippen molar-refractivity contribution >= 4 is 12.0 Å². The van der Waals surface area contributed by atoms with Crippen LogP contribution in [0.15, 0.2) is 71.5 Å². The Morgan fingerprint density at radius 1 is 1.09 bits per heavy atom. The summed E-state index contributed by atoms with van der Waals surface area (Å²) in [6.45, 7) is 1.72. The van der Waals surface area contributed by atoms with Crippen LogP contribution in [0.1, 0.15) is 12.5 Å². The Labute approximate surface area is 182 Å². The Balaban J connectivity index is 1.52. The molecular weight excluding hydrogens is 412 g/mol. The fourth-order valence-electron chi connectivity index (χ4n) is 3.09. The standard InChI is InChI=1S/C22H20N6O4/c1-14(25-22(30)31)19(29)24-11-15-6-5-9-17(10-15)28-13-23-12-18(28)21-27-26-20(32-21)16-7-3-2-4-8-16/h2-10,12-14,25H,11H2,1H3,(H,24,29)(H,30,31)/t14-/m0/s1. The van der Waals surface area contributed by atoms with Gasteiger partial charge in [0.2, 0.25) is 11.8 Å². The van der Waals surface area contributed by atoms with Gasteiger partial charge in [-0.05, 0) is 36.8 Å². The van der Waals surface area contributed by atoms with Crippen LogP contribution in [0.4, 0.5) is 4.79 Å². The second kappa shape index (κ2) is 9.13. The van der Waals surface area contributed by atoms with Crippen LogP contribution >= 0.6 is 0 Å². The number of benzene rings is 2. The largest absolute Gasteiger partial charge is 0.465 e. The number of nitrogens with zero attached hydrogens (tertiary/aromatic N) is 4. The quantitative estimate of drug-likeness (QED) is 0.409. The molecule has 0 bridgehead atoms. The molecular formula is C22H20N6O4. The van der Waals surface area contributed by atoms with E-state index in [0.29, 0.717) is 17.5 Å². The summed E-state index contributed by atoms with van der Waals surface area (Å²) in [5.74, 6) is 0.322. The monoisotopic (exact) mass is 432 g/mol. The zero-order valence-electron chi connectivity index (χ0n) is 17.1. The summed E-state index contributed by atoms with van der Waals surface area (Å²) < 4.78 is 7.66. The van der Waals surface area contributed by atoms with E-state index in [1.165, 1.54) is 6.92 Å². The van der Waals surface area contributed by atoms with Gasteiger partial charge >= 0.3 is 6.09 Å². The number of amides is 2. The van der Waals surface area contributed by atoms with Gasteiger partial charge in [0.05, 0.1) is 12.5 Å². The molecule has 10 nitrogen and oxygen atoms in total. The molecule has 2 amide bonds. The summed E-state index contributed by atoms with van der Waals surface area (Å²) in [6, 6.07) is 16.1. The topological polar surface area (TPSA) is 135 Å². The van der Waals surface area contributed by atoms with Crippen LogP contribution in [-0.2, 0) is 11.3 Å². The first kappa shape index (κ1) is 20.8. The molecule has 0 fully saturated rings. The highest BCUT2D eigenvalue weighted by Crippen LogP contribution is 2.25. The summed E-state index contributed by atoms with van der Waals surface area (Å²) in [5.41, 5.74) is 3.07. The number of imidazole rings is 1. The molecule has 0 saturated carbocycles. The summed E-state index contributed by atoms with van der Waals surface area (Å²) in [6.07, 6.45) is 2.02. The molecule has 162 valence electrons. The van der Waals surface area contributed by atoms with Crippen molar-refractivity contribution in [2.24, 2.45) is 0 Å². The van der Waals surface area contributed by atoms with Gasteiger partial charge in [-0.25, -0.2) is 9.78 Å². The second-order valence-electron chi connectivity index (χ2n) is 6.99. The average Bonchev–Trinajstić information content (AvgIpc) is 3.47. The van der Waals surface area contributed by atoms with E-state index in [4.69, 9.17) is 9.52 Å². The molecule has 0 radical (unpaired) electrons. The lowest BCUT2D eigenvalue weighted by atomic mass is 10.2. The molecule has 0 saturated heterocycles. The van der Waals surface area contributed by atoms with Gasteiger partial charge in [-0.3, -0.25) is 9.36 Å². The molecule has 0 unspecified atom stereocenters. The number of carbonyl (C=O) groups excluding carboxylic acids is 1. The minimum atomic E-state index is -1.25. The maximum atomic E-state index is 12.0. The fraction of sp³-hybridized carbons (Fsp3) is 0.136. The number of rotatable bonds is 7. The van der Waals surface area contributed by atoms with Crippen LogP contribution in [0, 0.1) is 0 Å². The van der Waals surface area contributed by atoms with Crippen molar-refractivity contribution in [1.82, 2.24) is 30.4 Å². The van der Waals surface area contributed by atoms with Crippen LogP contribution in [0.25, 0.3) is 28.7 Å². The number of hydrogen-bond acceptors (Lipinski definition) is 6. The number of aromatic nitrogens is 4. The third-order valence-electron chi connectivity index (χ3n) is 4.69. The van der Waals surface area contributed by atoms with Crippen LogP contribution in [0.3, 0.4) is 0 Å². The van der Waals surface area contributed by atoms with E-state index < -0.39 is 18.0 Å². The molecule has 0 aliphatic carbocycles. The predicted molar refractivity (Wildman–Crippen MR) is 115 cm³/mol. The predicted octanol–water partition coefficient (Wildman–Crippen LogP) is 2.86. The highest BCUT2D eigenvalue weighted by Gasteiger charge is 2.17. The first-order chi connectivity index (χ1) is 15.5.